The van der Waals surface area contributed by atoms with Crippen LogP contribution in [0.1, 0.15) is 30.5 Å². The average Bonchev–Trinajstić information content (AvgIpc) is 2.27. The Morgan fingerprint density at radius 3 is 2.47 bits per heavy atom. The van der Waals surface area contributed by atoms with Crippen LogP contribution in [0.3, 0.4) is 0 Å². The van der Waals surface area contributed by atoms with Crippen molar-refractivity contribution < 1.29 is 4.79 Å². The summed E-state index contributed by atoms with van der Waals surface area (Å²) in [6.45, 7) is 4.08. The van der Waals surface area contributed by atoms with Gasteiger partial charge in [0, 0.05) is 0 Å². The Balaban J connectivity index is 2.74. The van der Waals surface area contributed by atoms with Crippen LogP contribution < -0.4 is 5.32 Å². The number of halogens is 1. The van der Waals surface area contributed by atoms with E-state index >= 15 is 0 Å². The molecule has 0 aliphatic rings. The van der Waals surface area contributed by atoms with Crippen LogP contribution in [0.25, 0.3) is 0 Å². The molecular weight excluding hydrogens is 210 g/mol. The van der Waals surface area contributed by atoms with E-state index in [4.69, 9.17) is 11.6 Å². The largest absolute Gasteiger partial charge is 0.348 e. The second-order valence-corrected chi connectivity index (χ2v) is 3.84. The number of alkyl halides is 1. The molecule has 0 radical (unpaired) electrons. The van der Waals surface area contributed by atoms with Crippen molar-refractivity contribution in [3.8, 4) is 0 Å². The molecule has 1 aromatic carbocycles. The Labute approximate surface area is 95.6 Å². The molecule has 1 amide bonds. The van der Waals surface area contributed by atoms with Crippen LogP contribution in [-0.2, 0) is 4.79 Å². The molecule has 0 aromatic heterocycles. The normalized spacial score (nSPS) is 12.2. The number of amides is 1. The van der Waals surface area contributed by atoms with Crippen LogP contribution in [0.4, 0.5) is 0 Å². The van der Waals surface area contributed by atoms with Gasteiger partial charge >= 0.3 is 0 Å². The van der Waals surface area contributed by atoms with Crippen LogP contribution in [0, 0.1) is 6.92 Å². The molecule has 0 spiro atoms. The predicted molar refractivity (Wildman–Crippen MR) is 63.1 cm³/mol. The lowest BCUT2D eigenvalue weighted by Gasteiger charge is -2.16. The van der Waals surface area contributed by atoms with Crippen LogP contribution >= 0.6 is 11.6 Å². The van der Waals surface area contributed by atoms with Crippen molar-refractivity contribution in [2.75, 3.05) is 5.88 Å². The molecule has 15 heavy (non-hydrogen) atoms. The van der Waals surface area contributed by atoms with Crippen molar-refractivity contribution in [3.05, 3.63) is 35.4 Å². The summed E-state index contributed by atoms with van der Waals surface area (Å²) >= 11 is 5.45. The molecule has 0 aliphatic carbocycles. The van der Waals surface area contributed by atoms with Gasteiger partial charge in [0.25, 0.3) is 0 Å². The van der Waals surface area contributed by atoms with Gasteiger partial charge in [-0.25, -0.2) is 0 Å². The molecule has 0 saturated carbocycles. The number of carbonyl (C=O) groups excluding carboxylic acids is 1. The van der Waals surface area contributed by atoms with E-state index in [1.54, 1.807) is 0 Å². The standard InChI is InChI=1S/C12H16ClNO/c1-3-11(14-12(15)8-13)10-6-4-9(2)5-7-10/h4-7,11H,3,8H2,1-2H3,(H,14,15)/t11-/m1/s1. The first-order valence-electron chi connectivity index (χ1n) is 5.09. The van der Waals surface area contributed by atoms with Crippen molar-refractivity contribution in [3.63, 3.8) is 0 Å². The van der Waals surface area contributed by atoms with Gasteiger partial charge in [0.05, 0.1) is 6.04 Å². The van der Waals surface area contributed by atoms with Gasteiger partial charge in [0.2, 0.25) is 5.91 Å². The highest BCUT2D eigenvalue weighted by molar-refractivity contribution is 6.27. The molecule has 2 nitrogen and oxygen atoms in total. The molecule has 82 valence electrons. The Morgan fingerprint density at radius 1 is 1.40 bits per heavy atom. The van der Waals surface area contributed by atoms with Crippen molar-refractivity contribution in [1.29, 1.82) is 0 Å². The van der Waals surface area contributed by atoms with Gasteiger partial charge < -0.3 is 5.32 Å². The summed E-state index contributed by atoms with van der Waals surface area (Å²) in [6, 6.07) is 8.24. The molecule has 0 unspecified atom stereocenters. The summed E-state index contributed by atoms with van der Waals surface area (Å²) < 4.78 is 0. The molecular formula is C12H16ClNO. The van der Waals surface area contributed by atoms with Gasteiger partial charge in [0.15, 0.2) is 0 Å². The van der Waals surface area contributed by atoms with Crippen molar-refractivity contribution in [2.24, 2.45) is 0 Å². The monoisotopic (exact) mass is 225 g/mol. The lowest BCUT2D eigenvalue weighted by Crippen LogP contribution is -2.28. The third-order valence-electron chi connectivity index (χ3n) is 2.34. The van der Waals surface area contributed by atoms with Crippen molar-refractivity contribution >= 4 is 17.5 Å². The van der Waals surface area contributed by atoms with Gasteiger partial charge in [-0.05, 0) is 18.9 Å². The number of rotatable bonds is 4. The molecule has 1 rings (SSSR count). The molecule has 0 bridgehead atoms. The zero-order chi connectivity index (χ0) is 11.3. The maximum atomic E-state index is 11.2. The number of hydrogen-bond donors (Lipinski definition) is 1. The first-order chi connectivity index (χ1) is 7.17. The summed E-state index contributed by atoms with van der Waals surface area (Å²) in [6.07, 6.45) is 0.867. The molecule has 3 heteroatoms. The number of aryl methyl sites for hydroxylation is 1. The fourth-order valence-corrected chi connectivity index (χ4v) is 1.53. The second-order valence-electron chi connectivity index (χ2n) is 3.57. The minimum absolute atomic E-state index is 0.0162. The Morgan fingerprint density at radius 2 is 2.00 bits per heavy atom. The maximum absolute atomic E-state index is 11.2. The van der Waals surface area contributed by atoms with E-state index < -0.39 is 0 Å². The van der Waals surface area contributed by atoms with Crippen LogP contribution in [0.15, 0.2) is 24.3 Å². The Bertz CT molecular complexity index is 321. The van der Waals surface area contributed by atoms with E-state index in [2.05, 4.69) is 5.32 Å². The second kappa shape index (κ2) is 5.76. The van der Waals surface area contributed by atoms with Gasteiger partial charge in [-0.1, -0.05) is 36.8 Å². The summed E-state index contributed by atoms with van der Waals surface area (Å²) in [5.41, 5.74) is 2.35. The van der Waals surface area contributed by atoms with Gasteiger partial charge in [-0.2, -0.15) is 0 Å². The molecule has 0 saturated heterocycles. The number of hydrogen-bond acceptors (Lipinski definition) is 1. The molecule has 0 fully saturated rings. The zero-order valence-corrected chi connectivity index (χ0v) is 9.84. The third-order valence-corrected chi connectivity index (χ3v) is 2.59. The number of carbonyl (C=O) groups is 1. The van der Waals surface area contributed by atoms with Gasteiger partial charge in [-0.3, -0.25) is 4.79 Å². The van der Waals surface area contributed by atoms with Crippen molar-refractivity contribution in [1.82, 2.24) is 5.32 Å². The van der Waals surface area contributed by atoms with E-state index in [0.717, 1.165) is 12.0 Å². The van der Waals surface area contributed by atoms with Crippen molar-refractivity contribution in [2.45, 2.75) is 26.3 Å². The SMILES string of the molecule is CC[C@@H](NC(=O)CCl)c1ccc(C)cc1. The van der Waals surface area contributed by atoms with E-state index in [0.29, 0.717) is 0 Å². The maximum Gasteiger partial charge on any atom is 0.235 e. The molecule has 1 aromatic rings. The zero-order valence-electron chi connectivity index (χ0n) is 9.09. The Kier molecular flexibility index (Phi) is 4.63. The first kappa shape index (κ1) is 12.1. The first-order valence-corrected chi connectivity index (χ1v) is 5.62. The Hall–Kier alpha value is -1.02. The topological polar surface area (TPSA) is 29.1 Å². The summed E-state index contributed by atoms with van der Waals surface area (Å²) in [7, 11) is 0. The lowest BCUT2D eigenvalue weighted by atomic mass is 10.0. The van der Waals surface area contributed by atoms with E-state index in [-0.39, 0.29) is 17.8 Å². The summed E-state index contributed by atoms with van der Waals surface area (Å²) in [5, 5.41) is 2.88. The molecule has 1 N–H and O–H groups in total. The number of benzene rings is 1. The summed E-state index contributed by atoms with van der Waals surface area (Å²) in [4.78, 5) is 11.2. The van der Waals surface area contributed by atoms with Crippen LogP contribution in [0.5, 0.6) is 0 Å². The fourth-order valence-electron chi connectivity index (χ4n) is 1.45. The third kappa shape index (κ3) is 3.56. The van der Waals surface area contributed by atoms with E-state index in [1.807, 2.05) is 38.1 Å². The highest BCUT2D eigenvalue weighted by Gasteiger charge is 2.11. The lowest BCUT2D eigenvalue weighted by molar-refractivity contribution is -0.119. The molecule has 0 aliphatic heterocycles. The quantitative estimate of drug-likeness (QED) is 0.785. The molecule has 0 heterocycles. The van der Waals surface area contributed by atoms with Crippen LogP contribution in [-0.4, -0.2) is 11.8 Å². The number of nitrogens with one attached hydrogen (secondary N) is 1. The average molecular weight is 226 g/mol. The minimum Gasteiger partial charge on any atom is -0.348 e. The smallest absolute Gasteiger partial charge is 0.235 e. The van der Waals surface area contributed by atoms with Gasteiger partial charge in [0.1, 0.15) is 5.88 Å². The van der Waals surface area contributed by atoms with Gasteiger partial charge in [-0.15, -0.1) is 11.6 Å². The van der Waals surface area contributed by atoms with E-state index in [1.165, 1.54) is 5.56 Å². The predicted octanol–water partition coefficient (Wildman–Crippen LogP) is 2.80. The minimum atomic E-state index is -0.121. The highest BCUT2D eigenvalue weighted by atomic mass is 35.5. The summed E-state index contributed by atoms with van der Waals surface area (Å²) in [5.74, 6) is -0.105. The van der Waals surface area contributed by atoms with Crippen LogP contribution in [0.2, 0.25) is 0 Å². The fraction of sp³-hybridized carbons (Fsp3) is 0.417. The molecule has 1 atom stereocenters. The highest BCUT2D eigenvalue weighted by Crippen LogP contribution is 2.16. The van der Waals surface area contributed by atoms with E-state index in [9.17, 15) is 4.79 Å².